The van der Waals surface area contributed by atoms with E-state index in [1.165, 1.54) is 5.56 Å². The molecule has 2 fully saturated rings. The molecule has 0 aliphatic carbocycles. The molecule has 1 aromatic carbocycles. The van der Waals surface area contributed by atoms with Gasteiger partial charge >= 0.3 is 0 Å². The van der Waals surface area contributed by atoms with Gasteiger partial charge in [-0.05, 0) is 44.7 Å². The van der Waals surface area contributed by atoms with Crippen LogP contribution in [0.15, 0.2) is 47.1 Å². The van der Waals surface area contributed by atoms with Crippen molar-refractivity contribution in [2.24, 2.45) is 5.92 Å². The molecule has 2 saturated heterocycles. The van der Waals surface area contributed by atoms with Gasteiger partial charge in [0.2, 0.25) is 11.7 Å². The van der Waals surface area contributed by atoms with Crippen molar-refractivity contribution in [2.75, 3.05) is 31.1 Å². The minimum Gasteiger partial charge on any atom is -0.356 e. The van der Waals surface area contributed by atoms with Crippen LogP contribution in [0.25, 0.3) is 22.8 Å². The number of carbonyl (C=O) groups is 1. The predicted octanol–water partition coefficient (Wildman–Crippen LogP) is 3.95. The van der Waals surface area contributed by atoms with Crippen molar-refractivity contribution in [3.05, 3.63) is 48.2 Å². The molecule has 0 saturated carbocycles. The van der Waals surface area contributed by atoms with Crippen molar-refractivity contribution in [3.63, 3.8) is 0 Å². The molecule has 0 atom stereocenters. The van der Waals surface area contributed by atoms with E-state index in [2.05, 4.69) is 26.9 Å². The number of pyridine rings is 1. The smallest absolute Gasteiger partial charge is 0.261 e. The van der Waals surface area contributed by atoms with Gasteiger partial charge in [-0.15, -0.1) is 0 Å². The van der Waals surface area contributed by atoms with Gasteiger partial charge in [0.15, 0.2) is 0 Å². The first-order valence-corrected chi connectivity index (χ1v) is 11.1. The molecule has 2 aromatic heterocycles. The summed E-state index contributed by atoms with van der Waals surface area (Å²) >= 11 is 0. The Morgan fingerprint density at radius 3 is 2.52 bits per heavy atom. The van der Waals surface area contributed by atoms with Crippen molar-refractivity contribution >= 4 is 11.7 Å². The minimum atomic E-state index is 0.123. The van der Waals surface area contributed by atoms with E-state index in [-0.39, 0.29) is 5.92 Å². The van der Waals surface area contributed by atoms with Gasteiger partial charge in [0.1, 0.15) is 5.82 Å². The predicted molar refractivity (Wildman–Crippen MR) is 118 cm³/mol. The number of hydrogen-bond donors (Lipinski definition) is 0. The number of hydrogen-bond acceptors (Lipinski definition) is 6. The third kappa shape index (κ3) is 4.04. The largest absolute Gasteiger partial charge is 0.356 e. The maximum absolute atomic E-state index is 12.7. The lowest BCUT2D eigenvalue weighted by Crippen LogP contribution is -2.42. The van der Waals surface area contributed by atoms with Crippen LogP contribution in [0.1, 0.15) is 31.2 Å². The zero-order valence-electron chi connectivity index (χ0n) is 17.8. The molecule has 4 heterocycles. The number of anilines is 1. The Labute approximate surface area is 182 Å². The monoisotopic (exact) mass is 417 g/mol. The number of rotatable bonds is 4. The van der Waals surface area contributed by atoms with Crippen molar-refractivity contribution in [1.82, 2.24) is 20.0 Å². The molecular weight excluding hydrogens is 390 g/mol. The number of nitrogens with zero attached hydrogens (tertiary/aromatic N) is 5. The maximum Gasteiger partial charge on any atom is 0.261 e. The van der Waals surface area contributed by atoms with Gasteiger partial charge in [-0.1, -0.05) is 35.0 Å². The summed E-state index contributed by atoms with van der Waals surface area (Å²) in [4.78, 5) is 26.3. The van der Waals surface area contributed by atoms with Gasteiger partial charge in [0.25, 0.3) is 5.89 Å². The van der Waals surface area contributed by atoms with Gasteiger partial charge in [-0.3, -0.25) is 4.79 Å². The molecule has 0 radical (unpaired) electrons. The molecule has 7 heteroatoms. The quantitative estimate of drug-likeness (QED) is 0.640. The van der Waals surface area contributed by atoms with Crippen LogP contribution in [0.3, 0.4) is 0 Å². The summed E-state index contributed by atoms with van der Waals surface area (Å²) in [5.41, 5.74) is 2.94. The van der Waals surface area contributed by atoms with Crippen LogP contribution in [0, 0.1) is 12.8 Å². The van der Waals surface area contributed by atoms with E-state index in [1.54, 1.807) is 6.20 Å². The van der Waals surface area contributed by atoms with Gasteiger partial charge in [-0.25, -0.2) is 4.98 Å². The Morgan fingerprint density at radius 1 is 1.03 bits per heavy atom. The van der Waals surface area contributed by atoms with Gasteiger partial charge in [0, 0.05) is 43.9 Å². The summed E-state index contributed by atoms with van der Waals surface area (Å²) in [6.45, 7) is 5.49. The summed E-state index contributed by atoms with van der Waals surface area (Å²) in [6, 6.07) is 11.9. The number of likely N-dealkylation sites (tertiary alicyclic amines) is 1. The van der Waals surface area contributed by atoms with Crippen LogP contribution >= 0.6 is 0 Å². The minimum absolute atomic E-state index is 0.123. The number of carbonyl (C=O) groups excluding carboxylic acids is 1. The van der Waals surface area contributed by atoms with Crippen LogP contribution in [0.2, 0.25) is 0 Å². The van der Waals surface area contributed by atoms with Crippen molar-refractivity contribution < 1.29 is 9.32 Å². The van der Waals surface area contributed by atoms with Crippen LogP contribution in [0.5, 0.6) is 0 Å². The molecule has 7 nitrogen and oxygen atoms in total. The van der Waals surface area contributed by atoms with Crippen LogP contribution in [-0.2, 0) is 4.79 Å². The molecule has 31 heavy (non-hydrogen) atoms. The third-order valence-electron chi connectivity index (χ3n) is 6.31. The fraction of sp³-hybridized carbons (Fsp3) is 0.417. The first-order chi connectivity index (χ1) is 15.2. The second kappa shape index (κ2) is 8.49. The first kappa shape index (κ1) is 19.7. The average molecular weight is 418 g/mol. The fourth-order valence-corrected chi connectivity index (χ4v) is 4.50. The van der Waals surface area contributed by atoms with Crippen molar-refractivity contribution in [1.29, 1.82) is 0 Å². The molecule has 3 aromatic rings. The maximum atomic E-state index is 12.7. The Hall–Kier alpha value is -3.22. The SMILES string of the molecule is Cc1ccc(-c2noc(-c3cccnc3N3CCC(C(=O)N4CCCC4)CC3)n2)cc1. The normalized spacial score (nSPS) is 17.3. The summed E-state index contributed by atoms with van der Waals surface area (Å²) in [5, 5.41) is 4.18. The van der Waals surface area contributed by atoms with Crippen molar-refractivity contribution in [2.45, 2.75) is 32.6 Å². The highest BCUT2D eigenvalue weighted by Gasteiger charge is 2.31. The fourth-order valence-electron chi connectivity index (χ4n) is 4.50. The number of aryl methyl sites for hydroxylation is 1. The molecule has 0 unspecified atom stereocenters. The molecule has 5 rings (SSSR count). The van der Waals surface area contributed by atoms with Crippen LogP contribution in [0.4, 0.5) is 5.82 Å². The molecule has 0 bridgehead atoms. The zero-order valence-corrected chi connectivity index (χ0v) is 17.8. The summed E-state index contributed by atoms with van der Waals surface area (Å²) in [7, 11) is 0. The zero-order chi connectivity index (χ0) is 21.2. The van der Waals surface area contributed by atoms with Gasteiger partial charge in [-0.2, -0.15) is 4.98 Å². The molecule has 1 amide bonds. The van der Waals surface area contributed by atoms with E-state index in [9.17, 15) is 4.79 Å². The Kier molecular flexibility index (Phi) is 5.40. The topological polar surface area (TPSA) is 75.4 Å². The number of piperidine rings is 1. The number of amides is 1. The molecule has 0 spiro atoms. The second-order valence-corrected chi connectivity index (χ2v) is 8.46. The highest BCUT2D eigenvalue weighted by Crippen LogP contribution is 2.32. The average Bonchev–Trinajstić information content (AvgIpc) is 3.52. The highest BCUT2D eigenvalue weighted by atomic mass is 16.5. The first-order valence-electron chi connectivity index (χ1n) is 11.1. The molecule has 2 aliphatic heterocycles. The van der Waals surface area contributed by atoms with E-state index >= 15 is 0 Å². The lowest BCUT2D eigenvalue weighted by molar-refractivity contribution is -0.135. The van der Waals surface area contributed by atoms with E-state index in [0.29, 0.717) is 17.6 Å². The molecule has 2 aliphatic rings. The Balaban J connectivity index is 1.32. The molecule has 0 N–H and O–H groups in total. The van der Waals surface area contributed by atoms with Crippen molar-refractivity contribution in [3.8, 4) is 22.8 Å². The lowest BCUT2D eigenvalue weighted by Gasteiger charge is -2.34. The van der Waals surface area contributed by atoms with Crippen LogP contribution in [-0.4, -0.2) is 52.1 Å². The summed E-state index contributed by atoms with van der Waals surface area (Å²) in [6.07, 6.45) is 5.76. The lowest BCUT2D eigenvalue weighted by atomic mass is 9.95. The van der Waals surface area contributed by atoms with Gasteiger partial charge in [0.05, 0.1) is 5.56 Å². The van der Waals surface area contributed by atoms with Crippen LogP contribution < -0.4 is 4.90 Å². The van der Waals surface area contributed by atoms with E-state index < -0.39 is 0 Å². The molecule has 160 valence electrons. The molecular formula is C24H27N5O2. The third-order valence-corrected chi connectivity index (χ3v) is 6.31. The van der Waals surface area contributed by atoms with Gasteiger partial charge < -0.3 is 14.3 Å². The highest BCUT2D eigenvalue weighted by molar-refractivity contribution is 5.79. The standard InChI is InChI=1S/C24H27N5O2/c1-17-6-8-18(9-7-17)21-26-23(31-27-21)20-5-4-12-25-22(20)28-15-10-19(11-16-28)24(30)29-13-2-3-14-29/h4-9,12,19H,2-3,10-11,13-16H2,1H3. The summed E-state index contributed by atoms with van der Waals surface area (Å²) < 4.78 is 5.61. The van der Waals surface area contributed by atoms with E-state index in [4.69, 9.17) is 4.52 Å². The van der Waals surface area contributed by atoms with E-state index in [1.807, 2.05) is 41.3 Å². The van der Waals surface area contributed by atoms with E-state index in [0.717, 1.165) is 68.8 Å². The summed E-state index contributed by atoms with van der Waals surface area (Å²) in [5.74, 6) is 2.33. The second-order valence-electron chi connectivity index (χ2n) is 8.46. The Bertz CT molecular complexity index is 1050. The Morgan fingerprint density at radius 2 is 1.77 bits per heavy atom. The number of benzene rings is 1. The number of aromatic nitrogens is 3.